The van der Waals surface area contributed by atoms with Gasteiger partial charge in [0.25, 0.3) is 0 Å². The maximum absolute atomic E-state index is 6.20. The highest BCUT2D eigenvalue weighted by Gasteiger charge is 2.28. The largest absolute Gasteiger partial charge is 0.396 e. The summed E-state index contributed by atoms with van der Waals surface area (Å²) < 4.78 is 1.93. The standard InChI is InChI=1S/C19H30N6/c20-14-8-6-13(7-9-14)18-16(10-12-4-2-1-3-5-12)25-19(23-18)15(21)11-17(22)24-25/h11-14H,1-10,20-21H2,(H2,22,24). The van der Waals surface area contributed by atoms with Crippen molar-refractivity contribution in [3.8, 4) is 0 Å². The van der Waals surface area contributed by atoms with E-state index in [1.54, 1.807) is 6.07 Å². The summed E-state index contributed by atoms with van der Waals surface area (Å²) in [6.07, 6.45) is 12.1. The molecule has 0 spiro atoms. The highest BCUT2D eigenvalue weighted by molar-refractivity contribution is 5.68. The fraction of sp³-hybridized carbons (Fsp3) is 0.684. The second-order valence-electron chi connectivity index (χ2n) is 8.02. The molecular weight excluding hydrogens is 312 g/mol. The number of nitrogens with two attached hydrogens (primary N) is 3. The Labute approximate surface area is 149 Å². The highest BCUT2D eigenvalue weighted by atomic mass is 15.3. The lowest BCUT2D eigenvalue weighted by molar-refractivity contribution is 0.347. The van der Waals surface area contributed by atoms with Crippen molar-refractivity contribution in [3.05, 3.63) is 17.5 Å². The molecular formula is C19H30N6. The summed E-state index contributed by atoms with van der Waals surface area (Å²) in [5, 5.41) is 4.56. The molecule has 0 unspecified atom stereocenters. The zero-order valence-electron chi connectivity index (χ0n) is 15.0. The van der Waals surface area contributed by atoms with Gasteiger partial charge in [-0.1, -0.05) is 32.1 Å². The summed E-state index contributed by atoms with van der Waals surface area (Å²) in [6.45, 7) is 0. The van der Waals surface area contributed by atoms with E-state index in [0.717, 1.165) is 43.7 Å². The van der Waals surface area contributed by atoms with Gasteiger partial charge in [0.15, 0.2) is 5.65 Å². The number of nitrogen functional groups attached to an aromatic ring is 2. The molecule has 4 rings (SSSR count). The van der Waals surface area contributed by atoms with Gasteiger partial charge >= 0.3 is 0 Å². The summed E-state index contributed by atoms with van der Waals surface area (Å²) in [4.78, 5) is 4.95. The molecule has 2 heterocycles. The Morgan fingerprint density at radius 1 is 1.00 bits per heavy atom. The predicted octanol–water partition coefficient (Wildman–Crippen LogP) is 3.00. The summed E-state index contributed by atoms with van der Waals surface area (Å²) in [7, 11) is 0. The van der Waals surface area contributed by atoms with Crippen LogP contribution in [0.3, 0.4) is 0 Å². The first kappa shape index (κ1) is 16.6. The molecule has 0 amide bonds. The van der Waals surface area contributed by atoms with Crippen LogP contribution in [-0.4, -0.2) is 20.6 Å². The lowest BCUT2D eigenvalue weighted by Crippen LogP contribution is -2.26. The average molecular weight is 342 g/mol. The number of anilines is 2. The van der Waals surface area contributed by atoms with E-state index in [1.807, 2.05) is 4.52 Å². The van der Waals surface area contributed by atoms with E-state index >= 15 is 0 Å². The Morgan fingerprint density at radius 2 is 1.72 bits per heavy atom. The number of aromatic nitrogens is 3. The molecule has 6 N–H and O–H groups in total. The maximum Gasteiger partial charge on any atom is 0.177 e. The molecule has 6 nitrogen and oxygen atoms in total. The molecule has 136 valence electrons. The van der Waals surface area contributed by atoms with E-state index in [4.69, 9.17) is 22.2 Å². The van der Waals surface area contributed by atoms with E-state index < -0.39 is 0 Å². The molecule has 2 fully saturated rings. The quantitative estimate of drug-likeness (QED) is 0.794. The van der Waals surface area contributed by atoms with Crippen LogP contribution < -0.4 is 17.2 Å². The topological polar surface area (TPSA) is 108 Å². The van der Waals surface area contributed by atoms with Crippen LogP contribution in [0.1, 0.15) is 75.1 Å². The smallest absolute Gasteiger partial charge is 0.177 e. The van der Waals surface area contributed by atoms with Gasteiger partial charge in [0.05, 0.1) is 17.1 Å². The Morgan fingerprint density at radius 3 is 2.44 bits per heavy atom. The molecule has 0 radical (unpaired) electrons. The minimum atomic E-state index is 0.342. The van der Waals surface area contributed by atoms with Crippen molar-refractivity contribution in [1.82, 2.24) is 14.6 Å². The van der Waals surface area contributed by atoms with Crippen molar-refractivity contribution in [3.63, 3.8) is 0 Å². The molecule has 2 aromatic heterocycles. The maximum atomic E-state index is 6.20. The first-order chi connectivity index (χ1) is 12.1. The van der Waals surface area contributed by atoms with Gasteiger partial charge in [0.2, 0.25) is 0 Å². The first-order valence-corrected chi connectivity index (χ1v) is 9.81. The molecule has 2 aliphatic carbocycles. The van der Waals surface area contributed by atoms with Crippen molar-refractivity contribution >= 4 is 17.2 Å². The van der Waals surface area contributed by atoms with Crippen LogP contribution in [0.5, 0.6) is 0 Å². The summed E-state index contributed by atoms with van der Waals surface area (Å²) in [6, 6.07) is 2.06. The van der Waals surface area contributed by atoms with E-state index in [2.05, 4.69) is 5.10 Å². The normalized spacial score (nSPS) is 25.5. The Bertz CT molecular complexity index is 738. The number of nitrogens with zero attached hydrogens (tertiary/aromatic N) is 3. The Hall–Kier alpha value is -1.82. The van der Waals surface area contributed by atoms with Crippen molar-refractivity contribution in [2.75, 3.05) is 11.5 Å². The molecule has 6 heteroatoms. The summed E-state index contributed by atoms with van der Waals surface area (Å²) >= 11 is 0. The van der Waals surface area contributed by atoms with Crippen LogP contribution in [0.2, 0.25) is 0 Å². The zero-order chi connectivity index (χ0) is 17.4. The lowest BCUT2D eigenvalue weighted by Gasteiger charge is -2.27. The summed E-state index contributed by atoms with van der Waals surface area (Å²) in [5.41, 5.74) is 22.1. The van der Waals surface area contributed by atoms with E-state index in [1.165, 1.54) is 43.5 Å². The molecule has 0 aliphatic heterocycles. The third kappa shape index (κ3) is 3.32. The van der Waals surface area contributed by atoms with Crippen LogP contribution >= 0.6 is 0 Å². The zero-order valence-corrected chi connectivity index (χ0v) is 15.0. The molecule has 25 heavy (non-hydrogen) atoms. The molecule has 0 saturated heterocycles. The van der Waals surface area contributed by atoms with E-state index in [0.29, 0.717) is 23.5 Å². The minimum absolute atomic E-state index is 0.342. The number of imidazole rings is 1. The number of rotatable bonds is 3. The van der Waals surface area contributed by atoms with Crippen LogP contribution in [0.15, 0.2) is 6.07 Å². The van der Waals surface area contributed by atoms with Crippen molar-refractivity contribution < 1.29 is 0 Å². The summed E-state index contributed by atoms with van der Waals surface area (Å²) in [5.74, 6) is 1.66. The van der Waals surface area contributed by atoms with Gasteiger partial charge in [0, 0.05) is 18.0 Å². The predicted molar refractivity (Wildman–Crippen MR) is 101 cm³/mol. The lowest BCUT2D eigenvalue weighted by atomic mass is 9.81. The van der Waals surface area contributed by atoms with Crippen LogP contribution in [0, 0.1) is 5.92 Å². The van der Waals surface area contributed by atoms with Gasteiger partial charge in [0.1, 0.15) is 5.82 Å². The van der Waals surface area contributed by atoms with Gasteiger partial charge in [-0.2, -0.15) is 0 Å². The number of fused-ring (bicyclic) bond motifs is 1. The van der Waals surface area contributed by atoms with Crippen molar-refractivity contribution in [1.29, 1.82) is 0 Å². The van der Waals surface area contributed by atoms with Gasteiger partial charge < -0.3 is 17.2 Å². The van der Waals surface area contributed by atoms with E-state index in [-0.39, 0.29) is 0 Å². The van der Waals surface area contributed by atoms with Gasteiger partial charge in [-0.25, -0.2) is 9.50 Å². The SMILES string of the molecule is Nc1cc(N)c2nc(C3CCC(N)CC3)c(CC3CCCCC3)n2n1. The Balaban J connectivity index is 1.74. The fourth-order valence-corrected chi connectivity index (χ4v) is 4.70. The minimum Gasteiger partial charge on any atom is -0.396 e. The monoisotopic (exact) mass is 342 g/mol. The molecule has 2 aliphatic rings. The second-order valence-corrected chi connectivity index (χ2v) is 8.02. The molecule has 0 atom stereocenters. The van der Waals surface area contributed by atoms with Crippen LogP contribution in [0.4, 0.5) is 11.5 Å². The van der Waals surface area contributed by atoms with Gasteiger partial charge in [-0.05, 0) is 38.0 Å². The Kier molecular flexibility index (Phi) is 4.54. The molecule has 0 bridgehead atoms. The number of hydrogen-bond donors (Lipinski definition) is 3. The van der Waals surface area contributed by atoms with Gasteiger partial charge in [-0.3, -0.25) is 0 Å². The first-order valence-electron chi connectivity index (χ1n) is 9.81. The second kappa shape index (κ2) is 6.83. The fourth-order valence-electron chi connectivity index (χ4n) is 4.70. The van der Waals surface area contributed by atoms with Crippen LogP contribution in [0.25, 0.3) is 5.65 Å². The molecule has 0 aromatic carbocycles. The highest BCUT2D eigenvalue weighted by Crippen LogP contribution is 2.37. The van der Waals surface area contributed by atoms with E-state index in [9.17, 15) is 0 Å². The van der Waals surface area contributed by atoms with Crippen LogP contribution in [-0.2, 0) is 6.42 Å². The van der Waals surface area contributed by atoms with Crippen molar-refractivity contribution in [2.45, 2.75) is 76.2 Å². The molecule has 2 aromatic rings. The van der Waals surface area contributed by atoms with Crippen molar-refractivity contribution in [2.24, 2.45) is 11.7 Å². The van der Waals surface area contributed by atoms with Gasteiger partial charge in [-0.15, -0.1) is 5.10 Å². The number of hydrogen-bond acceptors (Lipinski definition) is 5. The third-order valence-electron chi connectivity index (χ3n) is 6.12. The average Bonchev–Trinajstić information content (AvgIpc) is 2.95. The third-order valence-corrected chi connectivity index (χ3v) is 6.12. The molecule has 2 saturated carbocycles.